The zero-order chi connectivity index (χ0) is 15.4. The van der Waals surface area contributed by atoms with Crippen molar-refractivity contribution in [3.05, 3.63) is 34.7 Å². The number of nitrogens with zero attached hydrogens (tertiary/aromatic N) is 2. The van der Waals surface area contributed by atoms with Gasteiger partial charge in [0.15, 0.2) is 0 Å². The molecule has 6 heteroatoms. The molecule has 0 spiro atoms. The Morgan fingerprint density at radius 1 is 1.33 bits per heavy atom. The summed E-state index contributed by atoms with van der Waals surface area (Å²) in [5.74, 6) is -0.0839. The number of rotatable bonds is 6. The summed E-state index contributed by atoms with van der Waals surface area (Å²) in [7, 11) is 3.33. The fraction of sp³-hybridized carbons (Fsp3) is 0.467. The molecule has 0 aliphatic rings. The van der Waals surface area contributed by atoms with Crippen LogP contribution in [0.25, 0.3) is 11.0 Å². The first-order valence-electron chi connectivity index (χ1n) is 6.97. The molecule has 1 N–H and O–H groups in total. The molecule has 114 valence electrons. The van der Waals surface area contributed by atoms with E-state index in [9.17, 15) is 9.59 Å². The van der Waals surface area contributed by atoms with Gasteiger partial charge in [-0.25, -0.2) is 4.79 Å². The topological polar surface area (TPSA) is 65.3 Å². The van der Waals surface area contributed by atoms with Crippen LogP contribution in [0.2, 0.25) is 0 Å². The highest BCUT2D eigenvalue weighted by molar-refractivity contribution is 5.78. The number of aromatic nitrogens is 2. The van der Waals surface area contributed by atoms with Gasteiger partial charge in [-0.2, -0.15) is 0 Å². The van der Waals surface area contributed by atoms with E-state index in [1.165, 1.54) is 0 Å². The van der Waals surface area contributed by atoms with Gasteiger partial charge in [-0.15, -0.1) is 0 Å². The van der Waals surface area contributed by atoms with Gasteiger partial charge in [-0.1, -0.05) is 12.1 Å². The molecule has 0 saturated carbocycles. The highest BCUT2D eigenvalue weighted by Gasteiger charge is 2.12. The van der Waals surface area contributed by atoms with Crippen LogP contribution >= 0.6 is 0 Å². The third-order valence-electron chi connectivity index (χ3n) is 3.44. The fourth-order valence-corrected chi connectivity index (χ4v) is 2.43. The lowest BCUT2D eigenvalue weighted by molar-refractivity contribution is -0.122. The number of fused-ring (bicyclic) bond motifs is 1. The molecule has 0 fully saturated rings. The molecule has 6 nitrogen and oxygen atoms in total. The molecule has 21 heavy (non-hydrogen) atoms. The molecule has 2 rings (SSSR count). The lowest BCUT2D eigenvalue weighted by Gasteiger charge is -2.12. The maximum absolute atomic E-state index is 12.2. The van der Waals surface area contributed by atoms with E-state index in [1.807, 2.05) is 31.2 Å². The molecule has 0 aliphatic carbocycles. The van der Waals surface area contributed by atoms with Gasteiger partial charge >= 0.3 is 5.69 Å². The number of aryl methyl sites for hydroxylation is 2. The predicted octanol–water partition coefficient (Wildman–Crippen LogP) is 0.881. The molecule has 2 aromatic rings. The van der Waals surface area contributed by atoms with Gasteiger partial charge in [0.05, 0.1) is 17.6 Å². The molecule has 0 aliphatic heterocycles. The van der Waals surface area contributed by atoms with E-state index in [0.717, 1.165) is 11.0 Å². The number of para-hydroxylation sites is 2. The number of carbonyl (C=O) groups is 1. The van der Waals surface area contributed by atoms with Gasteiger partial charge in [-0.05, 0) is 19.1 Å². The van der Waals surface area contributed by atoms with Crippen molar-refractivity contribution in [3.8, 4) is 0 Å². The molecule has 1 unspecified atom stereocenters. The van der Waals surface area contributed by atoms with Crippen molar-refractivity contribution in [1.29, 1.82) is 0 Å². The van der Waals surface area contributed by atoms with Crippen LogP contribution < -0.4 is 11.0 Å². The Morgan fingerprint density at radius 3 is 2.67 bits per heavy atom. The molecule has 0 saturated heterocycles. The van der Waals surface area contributed by atoms with Gasteiger partial charge < -0.3 is 10.1 Å². The highest BCUT2D eigenvalue weighted by atomic mass is 16.5. The van der Waals surface area contributed by atoms with Crippen LogP contribution in [0, 0.1) is 0 Å². The average molecular weight is 291 g/mol. The smallest absolute Gasteiger partial charge is 0.328 e. The second kappa shape index (κ2) is 6.58. The first-order valence-corrected chi connectivity index (χ1v) is 6.97. The van der Waals surface area contributed by atoms with Crippen molar-refractivity contribution in [2.75, 3.05) is 13.7 Å². The van der Waals surface area contributed by atoms with E-state index in [0.29, 0.717) is 13.2 Å². The number of amides is 1. The zero-order valence-electron chi connectivity index (χ0n) is 12.6. The number of carbonyl (C=O) groups excluding carboxylic acids is 1. The van der Waals surface area contributed by atoms with Gasteiger partial charge in [0.2, 0.25) is 5.91 Å². The predicted molar refractivity (Wildman–Crippen MR) is 81.3 cm³/mol. The Labute approximate surface area is 123 Å². The summed E-state index contributed by atoms with van der Waals surface area (Å²) in [5, 5.41) is 2.84. The standard InChI is InChI=1S/C15H21N3O3/c1-11(10-21-3)16-14(19)8-9-18-13-7-5-4-6-12(13)17(2)15(18)20/h4-7,11H,8-10H2,1-3H3,(H,16,19). The number of methoxy groups -OCH3 is 1. The Hall–Kier alpha value is -2.08. The molecule has 1 atom stereocenters. The Morgan fingerprint density at radius 2 is 2.00 bits per heavy atom. The lowest BCUT2D eigenvalue weighted by atomic mass is 10.3. The minimum absolute atomic E-state index is 0.0354. The Bertz CT molecular complexity index is 687. The van der Waals surface area contributed by atoms with Gasteiger partial charge in [0.1, 0.15) is 0 Å². The maximum atomic E-state index is 12.2. The van der Waals surface area contributed by atoms with Crippen LogP contribution in [0.15, 0.2) is 29.1 Å². The molecule has 0 bridgehead atoms. The normalized spacial score (nSPS) is 12.5. The minimum atomic E-state index is -0.103. The van der Waals surface area contributed by atoms with E-state index >= 15 is 0 Å². The highest BCUT2D eigenvalue weighted by Crippen LogP contribution is 2.11. The van der Waals surface area contributed by atoms with Crippen LogP contribution in [-0.2, 0) is 23.1 Å². The van der Waals surface area contributed by atoms with Crippen molar-refractivity contribution in [2.24, 2.45) is 7.05 Å². The van der Waals surface area contributed by atoms with Crippen LogP contribution in [0.3, 0.4) is 0 Å². The molecule has 1 heterocycles. The van der Waals surface area contributed by atoms with Crippen LogP contribution in [0.5, 0.6) is 0 Å². The monoisotopic (exact) mass is 291 g/mol. The first kappa shape index (κ1) is 15.3. The summed E-state index contributed by atoms with van der Waals surface area (Å²) in [6, 6.07) is 7.53. The molecule has 1 aromatic carbocycles. The number of ether oxygens (including phenoxy) is 1. The van der Waals surface area contributed by atoms with Gasteiger partial charge in [-0.3, -0.25) is 13.9 Å². The number of nitrogens with one attached hydrogen (secondary N) is 1. The summed E-state index contributed by atoms with van der Waals surface area (Å²) in [4.78, 5) is 24.1. The molecule has 1 aromatic heterocycles. The first-order chi connectivity index (χ1) is 10.0. The van der Waals surface area contributed by atoms with E-state index in [-0.39, 0.29) is 24.1 Å². The van der Waals surface area contributed by atoms with E-state index in [1.54, 1.807) is 23.3 Å². The lowest BCUT2D eigenvalue weighted by Crippen LogP contribution is -2.36. The summed E-state index contributed by atoms with van der Waals surface area (Å²) in [6.07, 6.45) is 0.266. The number of hydrogen-bond acceptors (Lipinski definition) is 3. The maximum Gasteiger partial charge on any atom is 0.328 e. The number of hydrogen-bond donors (Lipinski definition) is 1. The number of benzene rings is 1. The van der Waals surface area contributed by atoms with Crippen molar-refractivity contribution in [1.82, 2.24) is 14.5 Å². The fourth-order valence-electron chi connectivity index (χ4n) is 2.43. The molecular weight excluding hydrogens is 270 g/mol. The largest absolute Gasteiger partial charge is 0.383 e. The summed E-state index contributed by atoms with van der Waals surface area (Å²) in [5.41, 5.74) is 1.62. The third kappa shape index (κ3) is 3.33. The summed E-state index contributed by atoms with van der Waals surface area (Å²) >= 11 is 0. The summed E-state index contributed by atoms with van der Waals surface area (Å²) < 4.78 is 8.21. The van der Waals surface area contributed by atoms with E-state index < -0.39 is 0 Å². The minimum Gasteiger partial charge on any atom is -0.383 e. The number of imidazole rings is 1. The van der Waals surface area contributed by atoms with Gasteiger partial charge in [0.25, 0.3) is 0 Å². The average Bonchev–Trinajstić information content (AvgIpc) is 2.70. The van der Waals surface area contributed by atoms with E-state index in [4.69, 9.17) is 4.74 Å². The van der Waals surface area contributed by atoms with Crippen molar-refractivity contribution in [2.45, 2.75) is 25.9 Å². The second-order valence-electron chi connectivity index (χ2n) is 5.16. The van der Waals surface area contributed by atoms with Crippen molar-refractivity contribution in [3.63, 3.8) is 0 Å². The van der Waals surface area contributed by atoms with Crippen molar-refractivity contribution < 1.29 is 9.53 Å². The van der Waals surface area contributed by atoms with Crippen LogP contribution in [0.1, 0.15) is 13.3 Å². The second-order valence-corrected chi connectivity index (χ2v) is 5.16. The molecule has 1 amide bonds. The Kier molecular flexibility index (Phi) is 4.80. The van der Waals surface area contributed by atoms with Crippen LogP contribution in [0.4, 0.5) is 0 Å². The Balaban J connectivity index is 2.09. The molecule has 0 radical (unpaired) electrons. The van der Waals surface area contributed by atoms with Crippen molar-refractivity contribution >= 4 is 16.9 Å². The van der Waals surface area contributed by atoms with Gasteiger partial charge in [0, 0.05) is 33.2 Å². The SMILES string of the molecule is COCC(C)NC(=O)CCn1c(=O)n(C)c2ccccc21. The summed E-state index contributed by atoms with van der Waals surface area (Å²) in [6.45, 7) is 2.72. The van der Waals surface area contributed by atoms with E-state index in [2.05, 4.69) is 5.32 Å². The quantitative estimate of drug-likeness (QED) is 0.859. The molecular formula is C15H21N3O3. The zero-order valence-corrected chi connectivity index (χ0v) is 12.6. The third-order valence-corrected chi connectivity index (χ3v) is 3.44. The van der Waals surface area contributed by atoms with Crippen LogP contribution in [-0.4, -0.2) is 34.8 Å².